The number of nitrogens with one attached hydrogen (secondary N) is 1. The van der Waals surface area contributed by atoms with Gasteiger partial charge in [0.15, 0.2) is 0 Å². The molecule has 0 aromatic heterocycles. The molecule has 0 atom stereocenters. The van der Waals surface area contributed by atoms with Crippen molar-refractivity contribution in [2.75, 3.05) is 7.11 Å². The van der Waals surface area contributed by atoms with Crippen LogP contribution < -0.4 is 10.2 Å². The minimum atomic E-state index is -0.0491. The lowest BCUT2D eigenvalue weighted by molar-refractivity contribution is -0.121. The van der Waals surface area contributed by atoms with Crippen molar-refractivity contribution in [1.29, 1.82) is 0 Å². The van der Waals surface area contributed by atoms with Crippen LogP contribution in [-0.4, -0.2) is 18.7 Å². The molecule has 0 aliphatic carbocycles. The van der Waals surface area contributed by atoms with Gasteiger partial charge < -0.3 is 4.74 Å². The first-order valence-electron chi connectivity index (χ1n) is 9.61. The first-order valence-corrected chi connectivity index (χ1v) is 9.61. The molecule has 3 aromatic rings. The number of rotatable bonds is 5. The molecule has 144 valence electrons. The van der Waals surface area contributed by atoms with Crippen molar-refractivity contribution in [3.63, 3.8) is 0 Å². The highest BCUT2D eigenvalue weighted by molar-refractivity contribution is 6.09. The Balaban J connectivity index is 1.92. The summed E-state index contributed by atoms with van der Waals surface area (Å²) in [5.41, 5.74) is 8.79. The summed E-state index contributed by atoms with van der Waals surface area (Å²) in [6.07, 6.45) is 3.22. The van der Waals surface area contributed by atoms with E-state index in [9.17, 15) is 4.79 Å². The quantitative estimate of drug-likeness (QED) is 0.638. The van der Waals surface area contributed by atoms with Crippen molar-refractivity contribution in [3.8, 4) is 5.75 Å². The highest BCUT2D eigenvalue weighted by Gasteiger charge is 2.19. The lowest BCUT2D eigenvalue weighted by Crippen LogP contribution is -2.26. The van der Waals surface area contributed by atoms with Gasteiger partial charge in [-0.2, -0.15) is 5.10 Å². The average molecular weight is 382 g/mol. The zero-order chi connectivity index (χ0) is 20.1. The first-order chi connectivity index (χ1) is 14.2. The van der Waals surface area contributed by atoms with E-state index in [4.69, 9.17) is 4.74 Å². The predicted octanol–water partition coefficient (Wildman–Crippen LogP) is 4.90. The van der Waals surface area contributed by atoms with Crippen LogP contribution in [0.25, 0.3) is 11.6 Å². The highest BCUT2D eigenvalue weighted by atomic mass is 16.5. The second-order valence-corrected chi connectivity index (χ2v) is 6.84. The third-order valence-corrected chi connectivity index (χ3v) is 4.93. The fourth-order valence-corrected chi connectivity index (χ4v) is 3.44. The van der Waals surface area contributed by atoms with Crippen LogP contribution in [0.1, 0.15) is 35.1 Å². The number of hydrazone groups is 1. The van der Waals surface area contributed by atoms with Crippen molar-refractivity contribution in [2.24, 2.45) is 5.10 Å². The number of carbonyl (C=O) groups is 1. The normalized spacial score (nSPS) is 14.2. The SMILES string of the molecule is COc1ccc(C2=NNC(=O)CC2)c(/C(=C/c2ccccc2)c2ccccc2)c1. The zero-order valence-electron chi connectivity index (χ0n) is 16.3. The van der Waals surface area contributed by atoms with E-state index in [0.29, 0.717) is 12.8 Å². The Hall–Kier alpha value is -3.66. The van der Waals surface area contributed by atoms with Gasteiger partial charge in [0, 0.05) is 18.4 Å². The maximum Gasteiger partial charge on any atom is 0.240 e. The smallest absolute Gasteiger partial charge is 0.240 e. The van der Waals surface area contributed by atoms with Crippen LogP contribution in [-0.2, 0) is 4.79 Å². The molecule has 4 nitrogen and oxygen atoms in total. The molecule has 29 heavy (non-hydrogen) atoms. The van der Waals surface area contributed by atoms with Gasteiger partial charge in [-0.3, -0.25) is 4.79 Å². The van der Waals surface area contributed by atoms with Gasteiger partial charge >= 0.3 is 0 Å². The number of benzene rings is 3. The Morgan fingerprint density at radius 1 is 0.966 bits per heavy atom. The molecule has 0 saturated carbocycles. The third-order valence-electron chi connectivity index (χ3n) is 4.93. The number of amides is 1. The lowest BCUT2D eigenvalue weighted by Gasteiger charge is -2.19. The second kappa shape index (κ2) is 8.57. The van der Waals surface area contributed by atoms with E-state index < -0.39 is 0 Å². The van der Waals surface area contributed by atoms with Crippen LogP contribution in [0.5, 0.6) is 5.75 Å². The summed E-state index contributed by atoms with van der Waals surface area (Å²) in [7, 11) is 1.67. The summed E-state index contributed by atoms with van der Waals surface area (Å²) < 4.78 is 5.51. The minimum absolute atomic E-state index is 0.0491. The van der Waals surface area contributed by atoms with Crippen molar-refractivity contribution in [2.45, 2.75) is 12.8 Å². The van der Waals surface area contributed by atoms with Gasteiger partial charge in [-0.25, -0.2) is 5.43 Å². The van der Waals surface area contributed by atoms with Crippen LogP contribution in [0.2, 0.25) is 0 Å². The summed E-state index contributed by atoms with van der Waals surface area (Å²) in [5, 5.41) is 4.33. The topological polar surface area (TPSA) is 50.7 Å². The van der Waals surface area contributed by atoms with Crippen molar-refractivity contribution >= 4 is 23.3 Å². The number of methoxy groups -OCH3 is 1. The number of ether oxygens (including phenoxy) is 1. The predicted molar refractivity (Wildman–Crippen MR) is 117 cm³/mol. The minimum Gasteiger partial charge on any atom is -0.497 e. The summed E-state index contributed by atoms with van der Waals surface area (Å²) in [5.74, 6) is 0.728. The Morgan fingerprint density at radius 2 is 1.69 bits per heavy atom. The van der Waals surface area contributed by atoms with Gasteiger partial charge in [0.25, 0.3) is 0 Å². The van der Waals surface area contributed by atoms with Gasteiger partial charge in [-0.05, 0) is 46.5 Å². The van der Waals surface area contributed by atoms with Crippen molar-refractivity contribution in [3.05, 3.63) is 101 Å². The van der Waals surface area contributed by atoms with E-state index in [2.05, 4.69) is 40.9 Å². The number of nitrogens with zero attached hydrogens (tertiary/aromatic N) is 1. The molecule has 0 unspecified atom stereocenters. The van der Waals surface area contributed by atoms with Gasteiger partial charge in [0.2, 0.25) is 5.91 Å². The van der Waals surface area contributed by atoms with E-state index in [-0.39, 0.29) is 5.91 Å². The molecule has 1 heterocycles. The summed E-state index contributed by atoms with van der Waals surface area (Å²) in [4.78, 5) is 11.6. The highest BCUT2D eigenvalue weighted by Crippen LogP contribution is 2.32. The van der Waals surface area contributed by atoms with Crippen LogP contribution in [0.3, 0.4) is 0 Å². The molecule has 1 N–H and O–H groups in total. The maximum absolute atomic E-state index is 11.6. The first kappa shape index (κ1) is 18.7. The summed E-state index contributed by atoms with van der Waals surface area (Å²) >= 11 is 0. The Kier molecular flexibility index (Phi) is 5.52. The molecule has 0 saturated heterocycles. The molecule has 4 heteroatoms. The van der Waals surface area contributed by atoms with Crippen molar-refractivity contribution < 1.29 is 9.53 Å². The standard InChI is InChI=1S/C25H22N2O2/c1-29-20-12-13-21(24-14-15-25(28)27-26-24)23(17-20)22(19-10-6-3-7-11-19)16-18-8-4-2-5-9-18/h2-13,16-17H,14-15H2,1H3,(H,27,28)/b22-16+. The largest absolute Gasteiger partial charge is 0.497 e. The number of hydrogen-bond donors (Lipinski definition) is 1. The molecule has 4 rings (SSSR count). The molecule has 0 bridgehead atoms. The monoisotopic (exact) mass is 382 g/mol. The van der Waals surface area contributed by atoms with Gasteiger partial charge in [0.05, 0.1) is 12.8 Å². The van der Waals surface area contributed by atoms with Gasteiger partial charge in [-0.1, -0.05) is 60.7 Å². The molecular formula is C25H22N2O2. The molecule has 3 aromatic carbocycles. The van der Waals surface area contributed by atoms with Crippen LogP contribution in [0.15, 0.2) is 84.0 Å². The Bertz CT molecular complexity index is 1070. The fourth-order valence-electron chi connectivity index (χ4n) is 3.44. The fraction of sp³-hybridized carbons (Fsp3) is 0.120. The van der Waals surface area contributed by atoms with Crippen LogP contribution >= 0.6 is 0 Å². The zero-order valence-corrected chi connectivity index (χ0v) is 16.3. The number of carbonyl (C=O) groups excluding carboxylic acids is 1. The van der Waals surface area contributed by atoms with E-state index in [1.165, 1.54) is 0 Å². The molecule has 0 fully saturated rings. The van der Waals surface area contributed by atoms with Crippen LogP contribution in [0, 0.1) is 0 Å². The average Bonchev–Trinajstić information content (AvgIpc) is 2.79. The van der Waals surface area contributed by atoms with E-state index in [1.54, 1.807) is 7.11 Å². The third kappa shape index (κ3) is 4.27. The molecule has 1 aliphatic heterocycles. The second-order valence-electron chi connectivity index (χ2n) is 6.84. The van der Waals surface area contributed by atoms with Crippen LogP contribution in [0.4, 0.5) is 0 Å². The molecule has 0 radical (unpaired) electrons. The Labute approximate surface area is 170 Å². The molecule has 1 aliphatic rings. The van der Waals surface area contributed by atoms with Gasteiger partial charge in [0.1, 0.15) is 5.75 Å². The summed E-state index contributed by atoms with van der Waals surface area (Å²) in [6.45, 7) is 0. The molecular weight excluding hydrogens is 360 g/mol. The Morgan fingerprint density at radius 3 is 2.34 bits per heavy atom. The molecule has 1 amide bonds. The number of hydrogen-bond acceptors (Lipinski definition) is 3. The van der Waals surface area contributed by atoms with Crippen molar-refractivity contribution in [1.82, 2.24) is 5.43 Å². The van der Waals surface area contributed by atoms with E-state index in [1.807, 2.05) is 54.6 Å². The van der Waals surface area contributed by atoms with E-state index in [0.717, 1.165) is 39.3 Å². The molecule has 0 spiro atoms. The lowest BCUT2D eigenvalue weighted by atomic mass is 9.89. The summed E-state index contributed by atoms with van der Waals surface area (Å²) in [6, 6.07) is 26.5. The van der Waals surface area contributed by atoms with E-state index >= 15 is 0 Å². The maximum atomic E-state index is 11.6. The van der Waals surface area contributed by atoms with Gasteiger partial charge in [-0.15, -0.1) is 0 Å².